The normalized spacial score (nSPS) is 10.4. The lowest BCUT2D eigenvalue weighted by Crippen LogP contribution is -2.22. The first-order valence-electron chi connectivity index (χ1n) is 7.74. The van der Waals surface area contributed by atoms with Crippen molar-refractivity contribution in [3.05, 3.63) is 76.3 Å². The Bertz CT molecular complexity index is 902. The van der Waals surface area contributed by atoms with E-state index in [1.54, 1.807) is 24.3 Å². The van der Waals surface area contributed by atoms with E-state index in [-0.39, 0.29) is 5.91 Å². The van der Waals surface area contributed by atoms with Gasteiger partial charge in [0, 0.05) is 17.7 Å². The SMILES string of the molecule is Cc1nc(-c2ccccc2)sc1C(=O)NCc1ccc(C(N)=O)cc1. The molecule has 126 valence electrons. The smallest absolute Gasteiger partial charge is 0.263 e. The maximum absolute atomic E-state index is 12.4. The van der Waals surface area contributed by atoms with Gasteiger partial charge in [-0.1, -0.05) is 42.5 Å². The molecule has 3 rings (SSSR count). The molecule has 6 heteroatoms. The molecule has 5 nitrogen and oxygen atoms in total. The minimum Gasteiger partial charge on any atom is -0.366 e. The highest BCUT2D eigenvalue weighted by molar-refractivity contribution is 7.17. The number of nitrogens with zero attached hydrogens (tertiary/aromatic N) is 1. The maximum atomic E-state index is 12.4. The standard InChI is InChI=1S/C19H17N3O2S/c1-12-16(25-19(22-12)15-5-3-2-4-6-15)18(24)21-11-13-7-9-14(10-8-13)17(20)23/h2-10H,11H2,1H3,(H2,20,23)(H,21,24). The van der Waals surface area contributed by atoms with Gasteiger partial charge in [0.15, 0.2) is 0 Å². The zero-order chi connectivity index (χ0) is 17.8. The first-order chi connectivity index (χ1) is 12.0. The molecule has 2 amide bonds. The van der Waals surface area contributed by atoms with E-state index in [4.69, 9.17) is 5.73 Å². The van der Waals surface area contributed by atoms with Gasteiger partial charge in [0.25, 0.3) is 5.91 Å². The van der Waals surface area contributed by atoms with Gasteiger partial charge in [-0.3, -0.25) is 9.59 Å². The summed E-state index contributed by atoms with van der Waals surface area (Å²) in [5, 5.41) is 3.71. The Morgan fingerprint density at radius 3 is 2.40 bits per heavy atom. The van der Waals surface area contributed by atoms with Crippen molar-refractivity contribution in [2.24, 2.45) is 5.73 Å². The number of benzene rings is 2. The van der Waals surface area contributed by atoms with Crippen molar-refractivity contribution in [3.63, 3.8) is 0 Å². The molecule has 3 aromatic rings. The first kappa shape index (κ1) is 16.9. The van der Waals surface area contributed by atoms with E-state index in [1.165, 1.54) is 11.3 Å². The number of rotatable bonds is 5. The highest BCUT2D eigenvalue weighted by atomic mass is 32.1. The van der Waals surface area contributed by atoms with Crippen LogP contribution < -0.4 is 11.1 Å². The molecule has 0 saturated carbocycles. The summed E-state index contributed by atoms with van der Waals surface area (Å²) in [4.78, 5) is 28.6. The van der Waals surface area contributed by atoms with Crippen molar-refractivity contribution in [3.8, 4) is 10.6 Å². The topological polar surface area (TPSA) is 85.1 Å². The van der Waals surface area contributed by atoms with Crippen LogP contribution in [0, 0.1) is 6.92 Å². The number of primary amides is 1. The predicted molar refractivity (Wildman–Crippen MR) is 98.4 cm³/mol. The van der Waals surface area contributed by atoms with Crippen LogP contribution in [0.25, 0.3) is 10.6 Å². The van der Waals surface area contributed by atoms with Crippen molar-refractivity contribution in [2.75, 3.05) is 0 Å². The zero-order valence-electron chi connectivity index (χ0n) is 13.7. The molecule has 0 spiro atoms. The molecule has 0 unspecified atom stereocenters. The van der Waals surface area contributed by atoms with Crippen molar-refractivity contribution in [1.82, 2.24) is 10.3 Å². The van der Waals surface area contributed by atoms with E-state index in [0.717, 1.165) is 16.1 Å². The van der Waals surface area contributed by atoms with Gasteiger partial charge >= 0.3 is 0 Å². The molecule has 0 aliphatic rings. The average Bonchev–Trinajstić information content (AvgIpc) is 3.02. The van der Waals surface area contributed by atoms with Gasteiger partial charge in [-0.2, -0.15) is 0 Å². The van der Waals surface area contributed by atoms with Gasteiger partial charge in [-0.05, 0) is 24.6 Å². The fourth-order valence-electron chi connectivity index (χ4n) is 2.36. The Labute approximate surface area is 149 Å². The van der Waals surface area contributed by atoms with Crippen LogP contribution >= 0.6 is 11.3 Å². The van der Waals surface area contributed by atoms with Crippen LogP contribution in [0.1, 0.15) is 31.3 Å². The second kappa shape index (κ2) is 7.27. The molecular formula is C19H17N3O2S. The maximum Gasteiger partial charge on any atom is 0.263 e. The van der Waals surface area contributed by atoms with Crippen LogP contribution in [-0.4, -0.2) is 16.8 Å². The molecule has 0 aliphatic heterocycles. The quantitative estimate of drug-likeness (QED) is 0.740. The van der Waals surface area contributed by atoms with E-state index in [9.17, 15) is 9.59 Å². The third-order valence-corrected chi connectivity index (χ3v) is 4.92. The van der Waals surface area contributed by atoms with Crippen LogP contribution in [-0.2, 0) is 6.54 Å². The highest BCUT2D eigenvalue weighted by Gasteiger charge is 2.16. The molecule has 0 radical (unpaired) electrons. The monoisotopic (exact) mass is 351 g/mol. The van der Waals surface area contributed by atoms with E-state index in [0.29, 0.717) is 22.7 Å². The van der Waals surface area contributed by atoms with Crippen LogP contribution in [0.3, 0.4) is 0 Å². The van der Waals surface area contributed by atoms with Crippen LogP contribution in [0.4, 0.5) is 0 Å². The van der Waals surface area contributed by atoms with Gasteiger partial charge in [0.05, 0.1) is 5.69 Å². The number of carbonyl (C=O) groups is 2. The first-order valence-corrected chi connectivity index (χ1v) is 8.56. The Hall–Kier alpha value is -2.99. The minimum absolute atomic E-state index is 0.156. The van der Waals surface area contributed by atoms with E-state index >= 15 is 0 Å². The Morgan fingerprint density at radius 1 is 1.08 bits per heavy atom. The number of thiazole rings is 1. The lowest BCUT2D eigenvalue weighted by Gasteiger charge is -2.05. The number of amides is 2. The number of aryl methyl sites for hydroxylation is 1. The summed E-state index contributed by atoms with van der Waals surface area (Å²) in [6, 6.07) is 16.6. The lowest BCUT2D eigenvalue weighted by molar-refractivity contribution is 0.0952. The van der Waals surface area contributed by atoms with Crippen molar-refractivity contribution >= 4 is 23.2 Å². The molecule has 0 saturated heterocycles. The second-order valence-corrected chi connectivity index (χ2v) is 6.54. The van der Waals surface area contributed by atoms with Crippen LogP contribution in [0.15, 0.2) is 54.6 Å². The summed E-state index contributed by atoms with van der Waals surface area (Å²) in [7, 11) is 0. The largest absolute Gasteiger partial charge is 0.366 e. The Balaban J connectivity index is 1.69. The van der Waals surface area contributed by atoms with Gasteiger partial charge in [-0.25, -0.2) is 4.98 Å². The summed E-state index contributed by atoms with van der Waals surface area (Å²) in [5.74, 6) is -0.625. The summed E-state index contributed by atoms with van der Waals surface area (Å²) in [6.45, 7) is 2.20. The van der Waals surface area contributed by atoms with E-state index < -0.39 is 5.91 Å². The molecule has 2 aromatic carbocycles. The summed E-state index contributed by atoms with van der Waals surface area (Å²) in [6.07, 6.45) is 0. The molecule has 3 N–H and O–H groups in total. The third-order valence-electron chi connectivity index (χ3n) is 3.72. The lowest BCUT2D eigenvalue weighted by atomic mass is 10.1. The van der Waals surface area contributed by atoms with Gasteiger partial charge in [0.2, 0.25) is 5.91 Å². The summed E-state index contributed by atoms with van der Waals surface area (Å²) in [5.41, 5.74) is 8.26. The third kappa shape index (κ3) is 3.92. The second-order valence-electron chi connectivity index (χ2n) is 5.54. The minimum atomic E-state index is -0.468. The fraction of sp³-hybridized carbons (Fsp3) is 0.105. The van der Waals surface area contributed by atoms with Gasteiger partial charge < -0.3 is 11.1 Å². The average molecular weight is 351 g/mol. The zero-order valence-corrected chi connectivity index (χ0v) is 14.5. The number of nitrogens with one attached hydrogen (secondary N) is 1. The number of aromatic nitrogens is 1. The number of hydrogen-bond donors (Lipinski definition) is 2. The summed E-state index contributed by atoms with van der Waals surface area (Å²) < 4.78 is 0. The van der Waals surface area contributed by atoms with E-state index in [2.05, 4.69) is 10.3 Å². The van der Waals surface area contributed by atoms with Crippen molar-refractivity contribution < 1.29 is 9.59 Å². The highest BCUT2D eigenvalue weighted by Crippen LogP contribution is 2.27. The Kier molecular flexibility index (Phi) is 4.90. The predicted octanol–water partition coefficient (Wildman–Crippen LogP) is 3.15. The number of nitrogens with two attached hydrogens (primary N) is 1. The van der Waals surface area contributed by atoms with Crippen LogP contribution in [0.5, 0.6) is 0 Å². The van der Waals surface area contributed by atoms with Crippen molar-refractivity contribution in [1.29, 1.82) is 0 Å². The van der Waals surface area contributed by atoms with Gasteiger partial charge in [0.1, 0.15) is 9.88 Å². The Morgan fingerprint density at radius 2 is 1.76 bits per heavy atom. The molecule has 0 bridgehead atoms. The van der Waals surface area contributed by atoms with Crippen LogP contribution in [0.2, 0.25) is 0 Å². The molecule has 1 aromatic heterocycles. The number of hydrogen-bond acceptors (Lipinski definition) is 4. The molecule has 0 aliphatic carbocycles. The van der Waals surface area contributed by atoms with Crippen molar-refractivity contribution in [2.45, 2.75) is 13.5 Å². The molecule has 1 heterocycles. The molecule has 0 fully saturated rings. The molecule has 0 atom stereocenters. The van der Waals surface area contributed by atoms with E-state index in [1.807, 2.05) is 37.3 Å². The van der Waals surface area contributed by atoms with Gasteiger partial charge in [-0.15, -0.1) is 11.3 Å². The number of carbonyl (C=O) groups excluding carboxylic acids is 2. The summed E-state index contributed by atoms with van der Waals surface area (Å²) >= 11 is 1.38. The fourth-order valence-corrected chi connectivity index (χ4v) is 3.35. The molecule has 25 heavy (non-hydrogen) atoms. The molecular weight excluding hydrogens is 334 g/mol.